The minimum absolute atomic E-state index is 0.403. The van der Waals surface area contributed by atoms with Crippen LogP contribution in [0.5, 0.6) is 0 Å². The summed E-state index contributed by atoms with van der Waals surface area (Å²) >= 11 is 4.12. The molecule has 0 amide bonds. The monoisotopic (exact) mass is 747 g/mol. The minimum atomic E-state index is -1.23. The second-order valence-electron chi connectivity index (χ2n) is 16.7. The lowest BCUT2D eigenvalue weighted by atomic mass is 9.78. The predicted octanol–water partition coefficient (Wildman–Crippen LogP) is 10.2. The first-order chi connectivity index (χ1) is 22.9. The van der Waals surface area contributed by atoms with Crippen molar-refractivity contribution in [2.45, 2.75) is 89.9 Å². The lowest BCUT2D eigenvalue weighted by Gasteiger charge is -2.31. The van der Waals surface area contributed by atoms with Gasteiger partial charge in [0.05, 0.1) is 22.1 Å². The van der Waals surface area contributed by atoms with Crippen LogP contribution in [0.1, 0.15) is 44.2 Å². The Bertz CT molecular complexity index is 1650. The fourth-order valence-electron chi connectivity index (χ4n) is 7.40. The number of pyridine rings is 1. The van der Waals surface area contributed by atoms with Crippen LogP contribution in [-0.2, 0) is 9.47 Å². The zero-order chi connectivity index (χ0) is 34.1. The SMILES string of the molecule is CC1CC2CC(c3nc4c(-c5ccc(-c6ccccc6)nc5)cnn4c(N(COCC[Si](C)(C)C)COCC[Si](C)(C)C)c3Br)CC1C2. The first-order valence-electron chi connectivity index (χ1n) is 17.9. The number of benzene rings is 1. The van der Waals surface area contributed by atoms with Crippen molar-refractivity contribution in [3.05, 3.63) is 65.0 Å². The molecule has 2 aliphatic carbocycles. The molecule has 48 heavy (non-hydrogen) atoms. The number of rotatable bonds is 14. The van der Waals surface area contributed by atoms with E-state index >= 15 is 0 Å². The second kappa shape index (κ2) is 14.8. The van der Waals surface area contributed by atoms with E-state index in [0.29, 0.717) is 19.4 Å². The Morgan fingerprint density at radius 2 is 1.52 bits per heavy atom. The van der Waals surface area contributed by atoms with Crippen LogP contribution in [0.3, 0.4) is 0 Å². The number of hydrogen-bond donors (Lipinski definition) is 0. The third kappa shape index (κ3) is 8.49. The van der Waals surface area contributed by atoms with E-state index in [1.807, 2.05) is 23.0 Å². The molecule has 2 aliphatic rings. The van der Waals surface area contributed by atoms with Crippen LogP contribution >= 0.6 is 15.9 Å². The van der Waals surface area contributed by atoms with Gasteiger partial charge in [-0.25, -0.2) is 4.98 Å². The van der Waals surface area contributed by atoms with Crippen LogP contribution in [0.4, 0.5) is 5.82 Å². The van der Waals surface area contributed by atoms with E-state index in [1.165, 1.54) is 25.7 Å². The van der Waals surface area contributed by atoms with Crippen molar-refractivity contribution in [2.75, 3.05) is 31.6 Å². The maximum atomic E-state index is 6.42. The molecule has 2 saturated carbocycles. The number of anilines is 1. The summed E-state index contributed by atoms with van der Waals surface area (Å²) in [4.78, 5) is 12.5. The smallest absolute Gasteiger partial charge is 0.165 e. The van der Waals surface area contributed by atoms with Gasteiger partial charge in [0.15, 0.2) is 11.5 Å². The molecule has 0 saturated heterocycles. The molecule has 3 heterocycles. The molecule has 4 unspecified atom stereocenters. The summed E-state index contributed by atoms with van der Waals surface area (Å²) in [5.41, 5.74) is 6.07. The average Bonchev–Trinajstić information content (AvgIpc) is 3.58. The third-order valence-corrected chi connectivity index (χ3v) is 14.4. The molecule has 4 atom stereocenters. The van der Waals surface area contributed by atoms with Crippen molar-refractivity contribution in [1.82, 2.24) is 19.6 Å². The molecule has 1 aromatic carbocycles. The molecule has 7 nitrogen and oxygen atoms in total. The van der Waals surface area contributed by atoms with Gasteiger partial charge in [-0.05, 0) is 77.5 Å². The molecule has 2 fully saturated rings. The number of nitrogens with zero attached hydrogens (tertiary/aromatic N) is 5. The molecule has 0 spiro atoms. The molecular formula is C38H54BrN5O2Si2. The topological polar surface area (TPSA) is 64.8 Å². The molecule has 10 heteroatoms. The molecular weight excluding hydrogens is 695 g/mol. The minimum Gasteiger partial charge on any atom is -0.361 e. The summed E-state index contributed by atoms with van der Waals surface area (Å²) in [5, 5.41) is 4.99. The Labute approximate surface area is 298 Å². The lowest BCUT2D eigenvalue weighted by molar-refractivity contribution is 0.0941. The molecule has 0 aliphatic heterocycles. The van der Waals surface area contributed by atoms with Crippen molar-refractivity contribution in [3.63, 3.8) is 0 Å². The van der Waals surface area contributed by atoms with Gasteiger partial charge in [-0.3, -0.25) is 4.98 Å². The Morgan fingerprint density at radius 3 is 2.12 bits per heavy atom. The Morgan fingerprint density at radius 1 is 0.833 bits per heavy atom. The molecule has 0 N–H and O–H groups in total. The second-order valence-corrected chi connectivity index (χ2v) is 28.7. The van der Waals surface area contributed by atoms with Gasteiger partial charge >= 0.3 is 0 Å². The summed E-state index contributed by atoms with van der Waals surface area (Å²) in [5.74, 6) is 3.70. The molecule has 6 rings (SSSR count). The average molecular weight is 749 g/mol. The van der Waals surface area contributed by atoms with E-state index in [4.69, 9.17) is 24.5 Å². The van der Waals surface area contributed by atoms with Crippen LogP contribution in [0, 0.1) is 17.8 Å². The maximum absolute atomic E-state index is 6.42. The van der Waals surface area contributed by atoms with Crippen LogP contribution < -0.4 is 4.90 Å². The van der Waals surface area contributed by atoms with Crippen molar-refractivity contribution < 1.29 is 9.47 Å². The van der Waals surface area contributed by atoms with Gasteiger partial charge in [-0.2, -0.15) is 9.61 Å². The number of hydrogen-bond acceptors (Lipinski definition) is 6. The fourth-order valence-corrected chi connectivity index (χ4v) is 9.75. The molecule has 4 aromatic rings. The van der Waals surface area contributed by atoms with E-state index in [1.54, 1.807) is 0 Å². The van der Waals surface area contributed by atoms with E-state index in [0.717, 1.165) is 87.1 Å². The van der Waals surface area contributed by atoms with Gasteiger partial charge in [0.1, 0.15) is 13.5 Å². The van der Waals surface area contributed by atoms with E-state index in [-0.39, 0.29) is 0 Å². The first-order valence-corrected chi connectivity index (χ1v) is 26.1. The van der Waals surface area contributed by atoms with Gasteiger partial charge in [-0.1, -0.05) is 82.6 Å². The summed E-state index contributed by atoms with van der Waals surface area (Å²) in [6.07, 6.45) is 9.00. The normalized spacial score (nSPS) is 21.2. The van der Waals surface area contributed by atoms with E-state index in [2.05, 4.69) is 103 Å². The molecule has 2 bridgehead atoms. The predicted molar refractivity (Wildman–Crippen MR) is 207 cm³/mol. The van der Waals surface area contributed by atoms with Crippen molar-refractivity contribution in [1.29, 1.82) is 0 Å². The lowest BCUT2D eigenvalue weighted by Crippen LogP contribution is -2.34. The number of fused-ring (bicyclic) bond motifs is 3. The van der Waals surface area contributed by atoms with Crippen LogP contribution in [0.2, 0.25) is 51.4 Å². The Hall–Kier alpha value is -2.38. The molecule has 0 radical (unpaired) electrons. The van der Waals surface area contributed by atoms with Crippen molar-refractivity contribution >= 4 is 43.5 Å². The quantitative estimate of drug-likeness (QED) is 0.0727. The van der Waals surface area contributed by atoms with Gasteiger partial charge in [-0.15, -0.1) is 0 Å². The van der Waals surface area contributed by atoms with Crippen LogP contribution in [-0.4, -0.2) is 62.4 Å². The first kappa shape index (κ1) is 35.4. The molecule has 258 valence electrons. The highest BCUT2D eigenvalue weighted by atomic mass is 79.9. The Kier molecular flexibility index (Phi) is 11.0. The summed E-state index contributed by atoms with van der Waals surface area (Å²) in [6, 6.07) is 16.8. The van der Waals surface area contributed by atoms with Crippen molar-refractivity contribution in [2.24, 2.45) is 17.8 Å². The van der Waals surface area contributed by atoms with Gasteiger partial charge in [0.25, 0.3) is 0 Å². The van der Waals surface area contributed by atoms with Gasteiger partial charge < -0.3 is 14.4 Å². The Balaban J connectivity index is 1.40. The standard InChI is InChI=1S/C38H54BrN5O2Si2/c1-27-19-28-20-31(27)22-32(21-28)36-35(39)38(43(25-45-15-17-47(2,3)4)26-46-16-18-48(5,6)7)44-37(42-36)33(24-41-44)30-13-14-34(40-23-30)29-11-9-8-10-12-29/h8-14,23-24,27-28,31-32H,15-22,25-26H2,1-7H3. The summed E-state index contributed by atoms with van der Waals surface area (Å²) in [6.45, 7) is 19.2. The van der Waals surface area contributed by atoms with Gasteiger partial charge in [0, 0.05) is 58.2 Å². The third-order valence-electron chi connectivity index (χ3n) is 10.3. The highest BCUT2D eigenvalue weighted by Crippen LogP contribution is 2.52. The fraction of sp³-hybridized carbons (Fsp3) is 0.553. The zero-order valence-electron chi connectivity index (χ0n) is 30.0. The van der Waals surface area contributed by atoms with Crippen LogP contribution in [0.25, 0.3) is 28.0 Å². The maximum Gasteiger partial charge on any atom is 0.165 e. The van der Waals surface area contributed by atoms with E-state index < -0.39 is 16.1 Å². The van der Waals surface area contributed by atoms with Gasteiger partial charge in [0.2, 0.25) is 0 Å². The van der Waals surface area contributed by atoms with E-state index in [9.17, 15) is 0 Å². The number of aromatic nitrogens is 4. The highest BCUT2D eigenvalue weighted by Gasteiger charge is 2.41. The zero-order valence-corrected chi connectivity index (χ0v) is 33.6. The number of halogens is 1. The molecule has 3 aromatic heterocycles. The van der Waals surface area contributed by atoms with Crippen LogP contribution in [0.15, 0.2) is 59.3 Å². The largest absolute Gasteiger partial charge is 0.361 e. The highest BCUT2D eigenvalue weighted by molar-refractivity contribution is 9.10. The summed E-state index contributed by atoms with van der Waals surface area (Å²) < 4.78 is 15.8. The van der Waals surface area contributed by atoms with Crippen molar-refractivity contribution in [3.8, 4) is 22.4 Å². The summed E-state index contributed by atoms with van der Waals surface area (Å²) in [7, 11) is -2.47. The number of ether oxygens (including phenoxy) is 2.